The number of hydrogen-bond acceptors (Lipinski definition) is 2. The van der Waals surface area contributed by atoms with Crippen molar-refractivity contribution in [3.05, 3.63) is 29.6 Å². The van der Waals surface area contributed by atoms with Crippen LogP contribution >= 0.6 is 0 Å². The number of aliphatic hydroxyl groups is 1. The first-order chi connectivity index (χ1) is 7.75. The molecule has 1 rings (SSSR count). The first kappa shape index (κ1) is 13.0. The van der Waals surface area contributed by atoms with Gasteiger partial charge in [-0.25, -0.2) is 4.39 Å². The van der Waals surface area contributed by atoms with E-state index in [9.17, 15) is 4.39 Å². The molecule has 90 valence electrons. The molecule has 0 heterocycles. The van der Waals surface area contributed by atoms with Gasteiger partial charge < -0.3 is 9.84 Å². The molecule has 0 unspecified atom stereocenters. The molecule has 0 saturated heterocycles. The van der Waals surface area contributed by atoms with Gasteiger partial charge in [-0.1, -0.05) is 18.6 Å². The first-order valence-corrected chi connectivity index (χ1v) is 5.74. The van der Waals surface area contributed by atoms with E-state index in [-0.39, 0.29) is 12.4 Å². The topological polar surface area (TPSA) is 29.5 Å². The van der Waals surface area contributed by atoms with Crippen LogP contribution in [0.1, 0.15) is 31.2 Å². The zero-order valence-electron chi connectivity index (χ0n) is 9.71. The fourth-order valence-corrected chi connectivity index (χ4v) is 1.48. The molecule has 0 bridgehead atoms. The van der Waals surface area contributed by atoms with Gasteiger partial charge in [-0.2, -0.15) is 0 Å². The third-order valence-corrected chi connectivity index (χ3v) is 2.47. The fraction of sp³-hybridized carbons (Fsp3) is 0.538. The minimum Gasteiger partial charge on any atom is -0.491 e. The lowest BCUT2D eigenvalue weighted by molar-refractivity contribution is 0.269. The number of hydrogen-bond donors (Lipinski definition) is 1. The van der Waals surface area contributed by atoms with Crippen LogP contribution in [-0.4, -0.2) is 18.3 Å². The molecule has 0 aliphatic carbocycles. The summed E-state index contributed by atoms with van der Waals surface area (Å²) in [6, 6.07) is 5.17. The van der Waals surface area contributed by atoms with Crippen molar-refractivity contribution in [2.24, 2.45) is 0 Å². The molecule has 1 aromatic rings. The van der Waals surface area contributed by atoms with E-state index in [1.54, 1.807) is 25.1 Å². The van der Waals surface area contributed by atoms with Gasteiger partial charge in [-0.3, -0.25) is 0 Å². The van der Waals surface area contributed by atoms with Crippen molar-refractivity contribution in [2.75, 3.05) is 13.2 Å². The molecule has 0 aromatic heterocycles. The van der Waals surface area contributed by atoms with E-state index in [0.717, 1.165) is 25.7 Å². The largest absolute Gasteiger partial charge is 0.491 e. The molecule has 3 heteroatoms. The number of unbranched alkanes of at least 4 members (excludes halogenated alkanes) is 3. The van der Waals surface area contributed by atoms with Crippen molar-refractivity contribution in [3.63, 3.8) is 0 Å². The third kappa shape index (κ3) is 4.19. The van der Waals surface area contributed by atoms with Gasteiger partial charge >= 0.3 is 0 Å². The molecule has 0 amide bonds. The molecule has 0 atom stereocenters. The molecule has 1 N–H and O–H groups in total. The maximum atomic E-state index is 13.5. The van der Waals surface area contributed by atoms with Crippen LogP contribution in [0.15, 0.2) is 18.2 Å². The predicted molar refractivity (Wildman–Crippen MR) is 62.2 cm³/mol. The molecule has 0 aliphatic rings. The lowest BCUT2D eigenvalue weighted by atomic mass is 10.2. The molecule has 0 saturated carbocycles. The molecule has 0 spiro atoms. The summed E-state index contributed by atoms with van der Waals surface area (Å²) in [6.45, 7) is 2.50. The van der Waals surface area contributed by atoms with Crippen molar-refractivity contribution in [3.8, 4) is 5.75 Å². The van der Waals surface area contributed by atoms with E-state index in [0.29, 0.717) is 17.9 Å². The van der Waals surface area contributed by atoms with Crippen LogP contribution in [0, 0.1) is 12.7 Å². The number of aryl methyl sites for hydroxylation is 1. The second kappa shape index (κ2) is 7.23. The Morgan fingerprint density at radius 2 is 1.94 bits per heavy atom. The Morgan fingerprint density at radius 1 is 1.19 bits per heavy atom. The van der Waals surface area contributed by atoms with E-state index in [4.69, 9.17) is 9.84 Å². The summed E-state index contributed by atoms with van der Waals surface area (Å²) in [6.07, 6.45) is 3.73. The zero-order chi connectivity index (χ0) is 11.8. The molecule has 0 fully saturated rings. The van der Waals surface area contributed by atoms with Gasteiger partial charge in [0, 0.05) is 6.61 Å². The Morgan fingerprint density at radius 3 is 2.69 bits per heavy atom. The van der Waals surface area contributed by atoms with Crippen molar-refractivity contribution >= 4 is 0 Å². The average molecular weight is 226 g/mol. The molecule has 0 radical (unpaired) electrons. The van der Waals surface area contributed by atoms with Crippen LogP contribution in [0.5, 0.6) is 5.75 Å². The number of benzene rings is 1. The Balaban J connectivity index is 2.24. The number of ether oxygens (including phenoxy) is 1. The molecular weight excluding hydrogens is 207 g/mol. The normalized spacial score (nSPS) is 10.4. The van der Waals surface area contributed by atoms with Crippen LogP contribution in [0.4, 0.5) is 4.39 Å². The van der Waals surface area contributed by atoms with E-state index in [2.05, 4.69) is 0 Å². The summed E-state index contributed by atoms with van der Waals surface area (Å²) in [4.78, 5) is 0. The van der Waals surface area contributed by atoms with Crippen LogP contribution < -0.4 is 4.74 Å². The Kier molecular flexibility index (Phi) is 5.86. The number of rotatable bonds is 7. The second-order valence-corrected chi connectivity index (χ2v) is 3.87. The standard InChI is InChI=1S/C13H19FO2/c1-11-7-6-8-12(13(11)14)16-10-5-3-2-4-9-15/h6-8,15H,2-5,9-10H2,1H3. The highest BCUT2D eigenvalue weighted by atomic mass is 19.1. The van der Waals surface area contributed by atoms with Crippen molar-refractivity contribution in [1.82, 2.24) is 0 Å². The Hall–Kier alpha value is -1.09. The fourth-order valence-electron chi connectivity index (χ4n) is 1.48. The molecule has 1 aromatic carbocycles. The van der Waals surface area contributed by atoms with Gasteiger partial charge in [0.25, 0.3) is 0 Å². The van der Waals surface area contributed by atoms with Gasteiger partial charge in [0.2, 0.25) is 0 Å². The first-order valence-electron chi connectivity index (χ1n) is 5.74. The molecular formula is C13H19FO2. The van der Waals surface area contributed by atoms with E-state index >= 15 is 0 Å². The molecule has 2 nitrogen and oxygen atoms in total. The monoisotopic (exact) mass is 226 g/mol. The summed E-state index contributed by atoms with van der Waals surface area (Å²) in [5, 5.41) is 8.59. The maximum absolute atomic E-state index is 13.5. The SMILES string of the molecule is Cc1cccc(OCCCCCCO)c1F. The van der Waals surface area contributed by atoms with Crippen molar-refractivity contribution in [2.45, 2.75) is 32.6 Å². The smallest absolute Gasteiger partial charge is 0.167 e. The highest BCUT2D eigenvalue weighted by Gasteiger charge is 2.04. The summed E-state index contributed by atoms with van der Waals surface area (Å²) in [5.74, 6) is 0.0695. The number of aliphatic hydroxyl groups excluding tert-OH is 1. The van der Waals surface area contributed by atoms with Gasteiger partial charge in [0.15, 0.2) is 11.6 Å². The predicted octanol–water partition coefficient (Wildman–Crippen LogP) is 3.07. The highest BCUT2D eigenvalue weighted by molar-refractivity contribution is 5.29. The minimum absolute atomic E-state index is 0.243. The molecule has 0 aliphatic heterocycles. The van der Waals surface area contributed by atoms with Crippen molar-refractivity contribution in [1.29, 1.82) is 0 Å². The lowest BCUT2D eigenvalue weighted by Gasteiger charge is -2.08. The highest BCUT2D eigenvalue weighted by Crippen LogP contribution is 2.19. The third-order valence-electron chi connectivity index (χ3n) is 2.47. The van der Waals surface area contributed by atoms with Crippen LogP contribution in [0.25, 0.3) is 0 Å². The lowest BCUT2D eigenvalue weighted by Crippen LogP contribution is -2.00. The average Bonchev–Trinajstić information content (AvgIpc) is 2.29. The number of halogens is 1. The Labute approximate surface area is 96.1 Å². The van der Waals surface area contributed by atoms with Gasteiger partial charge in [-0.15, -0.1) is 0 Å². The summed E-state index contributed by atoms with van der Waals surface area (Å²) >= 11 is 0. The minimum atomic E-state index is -0.266. The second-order valence-electron chi connectivity index (χ2n) is 3.87. The van der Waals surface area contributed by atoms with Crippen molar-refractivity contribution < 1.29 is 14.2 Å². The van der Waals surface area contributed by atoms with Gasteiger partial charge in [-0.05, 0) is 37.8 Å². The maximum Gasteiger partial charge on any atom is 0.167 e. The zero-order valence-corrected chi connectivity index (χ0v) is 9.71. The summed E-state index contributed by atoms with van der Waals surface area (Å²) < 4.78 is 18.8. The van der Waals surface area contributed by atoms with Crippen LogP contribution in [-0.2, 0) is 0 Å². The molecule has 16 heavy (non-hydrogen) atoms. The quantitative estimate of drug-likeness (QED) is 0.724. The van der Waals surface area contributed by atoms with E-state index in [1.807, 2.05) is 0 Å². The van der Waals surface area contributed by atoms with Gasteiger partial charge in [0.1, 0.15) is 0 Å². The van der Waals surface area contributed by atoms with E-state index in [1.165, 1.54) is 0 Å². The van der Waals surface area contributed by atoms with Crippen LogP contribution in [0.2, 0.25) is 0 Å². The van der Waals surface area contributed by atoms with Crippen LogP contribution in [0.3, 0.4) is 0 Å². The van der Waals surface area contributed by atoms with Gasteiger partial charge in [0.05, 0.1) is 6.61 Å². The van der Waals surface area contributed by atoms with E-state index < -0.39 is 0 Å². The summed E-state index contributed by atoms with van der Waals surface area (Å²) in [7, 11) is 0. The Bertz CT molecular complexity index is 313. The summed E-state index contributed by atoms with van der Waals surface area (Å²) in [5.41, 5.74) is 0.609.